The number of hydrogen-bond donors (Lipinski definition) is 0. The molecule has 4 rings (SSSR count). The van der Waals surface area contributed by atoms with Crippen molar-refractivity contribution in [3.05, 3.63) is 16.3 Å². The normalized spacial score (nSPS) is 30.7. The smallest absolute Gasteiger partial charge is 0.349 e. The summed E-state index contributed by atoms with van der Waals surface area (Å²) < 4.78 is 34.2. The van der Waals surface area contributed by atoms with Crippen molar-refractivity contribution >= 4 is 27.3 Å². The number of methoxy groups -OCH3 is 1. The van der Waals surface area contributed by atoms with Crippen molar-refractivity contribution in [3.8, 4) is 0 Å². The van der Waals surface area contributed by atoms with Gasteiger partial charge in [-0.3, -0.25) is 4.90 Å². The molecule has 0 aliphatic carbocycles. The van der Waals surface area contributed by atoms with Gasteiger partial charge in [0.15, 0.2) is 0 Å². The average molecular weight is 441 g/mol. The van der Waals surface area contributed by atoms with Crippen LogP contribution in [0.1, 0.15) is 61.5 Å². The van der Waals surface area contributed by atoms with Crippen LogP contribution in [0, 0.1) is 11.8 Å². The molecular formula is C21H32N2O4S2. The first-order valence-corrected chi connectivity index (χ1v) is 13.2. The molecule has 1 aromatic heterocycles. The average Bonchev–Trinajstić information content (AvgIpc) is 3.23. The summed E-state index contributed by atoms with van der Waals surface area (Å²) >= 11 is 1.14. The number of piperidine rings is 3. The number of esters is 1. The van der Waals surface area contributed by atoms with Gasteiger partial charge in [0.05, 0.1) is 7.11 Å². The Bertz CT molecular complexity index is 835. The molecule has 0 radical (unpaired) electrons. The second kappa shape index (κ2) is 8.65. The minimum atomic E-state index is -3.75. The third-order valence-corrected chi connectivity index (χ3v) is 10.0. The molecular weight excluding hydrogens is 408 g/mol. The van der Waals surface area contributed by atoms with Crippen LogP contribution in [0.5, 0.6) is 0 Å². The molecule has 3 fully saturated rings. The van der Waals surface area contributed by atoms with E-state index in [0.29, 0.717) is 24.4 Å². The van der Waals surface area contributed by atoms with E-state index in [9.17, 15) is 13.2 Å². The number of nitrogens with zero attached hydrogens (tertiary/aromatic N) is 2. The fourth-order valence-electron chi connectivity index (χ4n) is 5.87. The maximum absolute atomic E-state index is 13.8. The Labute approximate surface area is 178 Å². The third kappa shape index (κ3) is 3.77. The molecule has 3 aliphatic heterocycles. The molecule has 0 unspecified atom stereocenters. The molecule has 162 valence electrons. The zero-order chi connectivity index (χ0) is 20.6. The van der Waals surface area contributed by atoms with Gasteiger partial charge in [-0.05, 0) is 68.5 Å². The molecule has 0 aromatic carbocycles. The highest BCUT2D eigenvalue weighted by atomic mass is 32.2. The zero-order valence-electron chi connectivity index (χ0n) is 17.4. The lowest BCUT2D eigenvalue weighted by atomic mass is 9.70. The highest BCUT2D eigenvalue weighted by Gasteiger charge is 2.51. The Morgan fingerprint density at radius 1 is 1.28 bits per heavy atom. The predicted molar refractivity (Wildman–Crippen MR) is 114 cm³/mol. The molecule has 1 aromatic rings. The number of rotatable bonds is 6. The van der Waals surface area contributed by atoms with Crippen LogP contribution in [0.4, 0.5) is 0 Å². The van der Waals surface area contributed by atoms with Gasteiger partial charge in [0, 0.05) is 18.6 Å². The molecule has 0 N–H and O–H groups in total. The van der Waals surface area contributed by atoms with Crippen LogP contribution in [-0.4, -0.2) is 62.4 Å². The topological polar surface area (TPSA) is 66.9 Å². The van der Waals surface area contributed by atoms with Gasteiger partial charge in [0.25, 0.3) is 0 Å². The SMILES string of the molecule is CCCC[C@@H]1[C@H]2CCCN3CCC[C@@H](CN1S(=O)(=O)c1ccsc1C(=O)OC)[C@@H]23. The molecule has 4 heterocycles. The van der Waals surface area contributed by atoms with Gasteiger partial charge >= 0.3 is 5.97 Å². The van der Waals surface area contributed by atoms with E-state index in [0.717, 1.165) is 69.4 Å². The molecule has 3 saturated heterocycles. The molecule has 6 nitrogen and oxygen atoms in total. The quantitative estimate of drug-likeness (QED) is 0.633. The molecule has 29 heavy (non-hydrogen) atoms. The van der Waals surface area contributed by atoms with Crippen LogP contribution in [0.2, 0.25) is 0 Å². The molecule has 0 saturated carbocycles. The second-order valence-corrected chi connectivity index (χ2v) is 11.4. The number of ether oxygens (including phenoxy) is 1. The van der Waals surface area contributed by atoms with Crippen LogP contribution in [-0.2, 0) is 14.8 Å². The van der Waals surface area contributed by atoms with Crippen molar-refractivity contribution in [2.24, 2.45) is 11.8 Å². The van der Waals surface area contributed by atoms with Gasteiger partial charge in [-0.25, -0.2) is 13.2 Å². The van der Waals surface area contributed by atoms with E-state index in [1.807, 2.05) is 0 Å². The number of thiophene rings is 1. The van der Waals surface area contributed by atoms with Crippen LogP contribution < -0.4 is 0 Å². The highest BCUT2D eigenvalue weighted by molar-refractivity contribution is 7.89. The lowest BCUT2D eigenvalue weighted by Crippen LogP contribution is -2.65. The van der Waals surface area contributed by atoms with Gasteiger partial charge in [-0.2, -0.15) is 4.31 Å². The van der Waals surface area contributed by atoms with Crippen molar-refractivity contribution < 1.29 is 17.9 Å². The van der Waals surface area contributed by atoms with Gasteiger partial charge in [0.2, 0.25) is 10.0 Å². The summed E-state index contributed by atoms with van der Waals surface area (Å²) in [5.74, 6) is 0.214. The Morgan fingerprint density at radius 2 is 2.03 bits per heavy atom. The number of hydrogen-bond acceptors (Lipinski definition) is 6. The van der Waals surface area contributed by atoms with Crippen LogP contribution in [0.3, 0.4) is 0 Å². The van der Waals surface area contributed by atoms with Crippen molar-refractivity contribution in [2.75, 3.05) is 26.7 Å². The zero-order valence-corrected chi connectivity index (χ0v) is 19.0. The molecule has 4 atom stereocenters. The summed E-state index contributed by atoms with van der Waals surface area (Å²) in [4.78, 5) is 15.1. The van der Waals surface area contributed by atoms with Crippen LogP contribution in [0.25, 0.3) is 0 Å². The maximum atomic E-state index is 13.8. The predicted octanol–water partition coefficient (Wildman–Crippen LogP) is 3.59. The first kappa shape index (κ1) is 21.3. The number of sulfonamides is 1. The summed E-state index contributed by atoms with van der Waals surface area (Å²) in [5, 5.41) is 1.68. The third-order valence-electron chi connectivity index (χ3n) is 7.06. The summed E-state index contributed by atoms with van der Waals surface area (Å²) in [6.45, 7) is 5.04. The van der Waals surface area contributed by atoms with Crippen LogP contribution >= 0.6 is 11.3 Å². The van der Waals surface area contributed by atoms with Crippen LogP contribution in [0.15, 0.2) is 16.3 Å². The molecule has 0 bridgehead atoms. The molecule has 8 heteroatoms. The van der Waals surface area contributed by atoms with E-state index in [1.165, 1.54) is 7.11 Å². The number of carbonyl (C=O) groups is 1. The van der Waals surface area contributed by atoms with E-state index in [2.05, 4.69) is 11.8 Å². The summed E-state index contributed by atoms with van der Waals surface area (Å²) in [5.41, 5.74) is 0. The van der Waals surface area contributed by atoms with E-state index < -0.39 is 16.0 Å². The van der Waals surface area contributed by atoms with Gasteiger partial charge in [-0.1, -0.05) is 19.8 Å². The Kier molecular flexibility index (Phi) is 6.35. The molecule has 0 spiro atoms. The van der Waals surface area contributed by atoms with Crippen molar-refractivity contribution in [3.63, 3.8) is 0 Å². The monoisotopic (exact) mass is 440 g/mol. The Morgan fingerprint density at radius 3 is 2.76 bits per heavy atom. The van der Waals surface area contributed by atoms with Crippen molar-refractivity contribution in [1.82, 2.24) is 9.21 Å². The van der Waals surface area contributed by atoms with E-state index >= 15 is 0 Å². The summed E-state index contributed by atoms with van der Waals surface area (Å²) in [6, 6.07) is 2.12. The minimum Gasteiger partial charge on any atom is -0.465 e. The van der Waals surface area contributed by atoms with Crippen molar-refractivity contribution in [2.45, 2.75) is 68.8 Å². The maximum Gasteiger partial charge on any atom is 0.349 e. The van der Waals surface area contributed by atoms with E-state index in [1.54, 1.807) is 15.8 Å². The lowest BCUT2D eigenvalue weighted by molar-refractivity contribution is -0.0523. The van der Waals surface area contributed by atoms with E-state index in [4.69, 9.17) is 4.74 Å². The first-order chi connectivity index (χ1) is 14.0. The second-order valence-electron chi connectivity index (χ2n) is 8.62. The lowest BCUT2D eigenvalue weighted by Gasteiger charge is -2.57. The van der Waals surface area contributed by atoms with Gasteiger partial charge < -0.3 is 4.74 Å². The highest BCUT2D eigenvalue weighted by Crippen LogP contribution is 2.45. The Hall–Kier alpha value is -0.960. The van der Waals surface area contributed by atoms with Crippen molar-refractivity contribution in [1.29, 1.82) is 0 Å². The fourth-order valence-corrected chi connectivity index (χ4v) is 8.94. The first-order valence-electron chi connectivity index (χ1n) is 10.9. The summed E-state index contributed by atoms with van der Waals surface area (Å²) in [6.07, 6.45) is 7.47. The number of carbonyl (C=O) groups excluding carboxylic acids is 1. The fraction of sp³-hybridized carbons (Fsp3) is 0.762. The van der Waals surface area contributed by atoms with E-state index in [-0.39, 0.29) is 15.8 Å². The largest absolute Gasteiger partial charge is 0.465 e. The standard InChI is InChI=1S/C21H32N2O4S2/c1-3-4-9-17-16-8-6-12-22-11-5-7-15(19(16)22)14-23(17)29(25,26)18-10-13-28-20(18)21(24)27-2/h10,13,15-17,19H,3-9,11-12,14H2,1-2H3/t15-,16+,17+,19-/m0/s1. The Balaban J connectivity index is 1.72. The summed E-state index contributed by atoms with van der Waals surface area (Å²) in [7, 11) is -2.45. The minimum absolute atomic E-state index is 0.0208. The number of unbranched alkanes of at least 4 members (excludes halogenated alkanes) is 1. The molecule has 3 aliphatic rings. The van der Waals surface area contributed by atoms with Gasteiger partial charge in [-0.15, -0.1) is 11.3 Å². The van der Waals surface area contributed by atoms with Gasteiger partial charge in [0.1, 0.15) is 9.77 Å². The molecule has 0 amide bonds.